The van der Waals surface area contributed by atoms with Crippen LogP contribution in [0.2, 0.25) is 5.02 Å². The highest BCUT2D eigenvalue weighted by molar-refractivity contribution is 9.10. The Balaban J connectivity index is 1.93. The number of ether oxygens (including phenoxy) is 2. The maximum atomic E-state index is 13.3. The normalized spacial score (nSPS) is 11.3. The van der Waals surface area contributed by atoms with E-state index in [0.29, 0.717) is 26.9 Å². The number of rotatable bonds is 5. The number of nitrogens with zero attached hydrogens (tertiary/aromatic N) is 2. The number of carbonyl (C=O) groups is 1. The number of methoxy groups -OCH3 is 1. The van der Waals surface area contributed by atoms with Gasteiger partial charge in [-0.2, -0.15) is 5.26 Å². The van der Waals surface area contributed by atoms with Crippen molar-refractivity contribution in [2.24, 2.45) is 0 Å². The molecule has 2 aromatic carbocycles. The third-order valence-electron chi connectivity index (χ3n) is 3.71. The third kappa shape index (κ3) is 4.32. The van der Waals surface area contributed by atoms with Crippen LogP contribution >= 0.6 is 27.5 Å². The fraction of sp³-hybridized carbons (Fsp3) is 0.105. The first-order valence-electron chi connectivity index (χ1n) is 7.87. The minimum absolute atomic E-state index is 0.239. The lowest BCUT2D eigenvalue weighted by Gasteiger charge is -2.10. The molecular weight excluding hydrogens is 453 g/mol. The summed E-state index contributed by atoms with van der Waals surface area (Å²) in [6.45, 7) is -0.289. The summed E-state index contributed by atoms with van der Waals surface area (Å²) >= 11 is 9.57. The van der Waals surface area contributed by atoms with Gasteiger partial charge < -0.3 is 14.5 Å². The van der Waals surface area contributed by atoms with Crippen LogP contribution in [-0.2, 0) is 9.53 Å². The largest absolute Gasteiger partial charge is 0.479 e. The van der Waals surface area contributed by atoms with Crippen molar-refractivity contribution in [3.63, 3.8) is 0 Å². The van der Waals surface area contributed by atoms with Gasteiger partial charge in [0.05, 0.1) is 33.2 Å². The molecular formula is C19H12BrClFN3O3. The number of nitrogens with one attached hydrogen (secondary N) is 1. The number of benzene rings is 2. The number of aromatic amines is 1. The zero-order chi connectivity index (χ0) is 20.3. The van der Waals surface area contributed by atoms with Gasteiger partial charge in [0.1, 0.15) is 17.7 Å². The zero-order valence-corrected chi connectivity index (χ0v) is 16.8. The molecule has 0 amide bonds. The molecule has 1 N–H and O–H groups in total. The molecule has 0 aliphatic carbocycles. The highest BCUT2D eigenvalue weighted by Crippen LogP contribution is 2.35. The first-order valence-corrected chi connectivity index (χ1v) is 9.04. The molecule has 1 aromatic heterocycles. The fourth-order valence-corrected chi connectivity index (χ4v) is 3.41. The van der Waals surface area contributed by atoms with Crippen molar-refractivity contribution in [1.29, 1.82) is 5.26 Å². The van der Waals surface area contributed by atoms with E-state index in [4.69, 9.17) is 16.3 Å². The summed E-state index contributed by atoms with van der Waals surface area (Å²) in [6, 6.07) is 9.46. The molecule has 0 bridgehead atoms. The van der Waals surface area contributed by atoms with Crippen molar-refractivity contribution in [2.75, 3.05) is 13.7 Å². The van der Waals surface area contributed by atoms with Crippen LogP contribution in [0.3, 0.4) is 0 Å². The van der Waals surface area contributed by atoms with Crippen LogP contribution in [0.25, 0.3) is 22.7 Å². The number of H-pyrrole nitrogens is 1. The molecule has 0 atom stereocenters. The number of hydrogen-bond acceptors (Lipinski definition) is 5. The lowest BCUT2D eigenvalue weighted by Crippen LogP contribution is -2.13. The Morgan fingerprint density at radius 3 is 2.89 bits per heavy atom. The van der Waals surface area contributed by atoms with E-state index < -0.39 is 11.8 Å². The molecule has 1 heterocycles. The third-order valence-corrected chi connectivity index (χ3v) is 4.58. The first kappa shape index (κ1) is 19.9. The van der Waals surface area contributed by atoms with E-state index >= 15 is 0 Å². The topological polar surface area (TPSA) is 88.0 Å². The second-order valence-corrected chi connectivity index (χ2v) is 6.86. The van der Waals surface area contributed by atoms with Crippen LogP contribution in [0.1, 0.15) is 11.4 Å². The quantitative estimate of drug-likeness (QED) is 0.435. The minimum atomic E-state index is -0.542. The van der Waals surface area contributed by atoms with E-state index in [1.807, 2.05) is 0 Å². The zero-order valence-electron chi connectivity index (χ0n) is 14.4. The molecule has 0 fully saturated rings. The molecule has 3 aromatic rings. The van der Waals surface area contributed by atoms with Crippen LogP contribution in [0.5, 0.6) is 5.75 Å². The van der Waals surface area contributed by atoms with Crippen molar-refractivity contribution in [2.45, 2.75) is 0 Å². The van der Waals surface area contributed by atoms with Crippen molar-refractivity contribution >= 4 is 56.2 Å². The molecule has 0 radical (unpaired) electrons. The number of esters is 1. The predicted molar refractivity (Wildman–Crippen MR) is 106 cm³/mol. The van der Waals surface area contributed by atoms with Crippen molar-refractivity contribution in [1.82, 2.24) is 9.97 Å². The summed E-state index contributed by atoms with van der Waals surface area (Å²) in [5, 5.41) is 9.76. The lowest BCUT2D eigenvalue weighted by molar-refractivity contribution is -0.142. The molecule has 0 aliphatic rings. The van der Waals surface area contributed by atoms with Crippen LogP contribution in [-0.4, -0.2) is 29.7 Å². The molecule has 6 nitrogen and oxygen atoms in total. The molecule has 9 heteroatoms. The first-order chi connectivity index (χ1) is 13.4. The van der Waals surface area contributed by atoms with Crippen LogP contribution in [0, 0.1) is 17.1 Å². The Morgan fingerprint density at radius 1 is 1.43 bits per heavy atom. The molecule has 28 heavy (non-hydrogen) atoms. The lowest BCUT2D eigenvalue weighted by atomic mass is 10.1. The van der Waals surface area contributed by atoms with Crippen LogP contribution in [0.4, 0.5) is 4.39 Å². The van der Waals surface area contributed by atoms with Gasteiger partial charge in [0, 0.05) is 0 Å². The highest BCUT2D eigenvalue weighted by Gasteiger charge is 2.13. The Morgan fingerprint density at radius 2 is 2.21 bits per heavy atom. The number of halogens is 3. The Kier molecular flexibility index (Phi) is 5.97. The fourth-order valence-electron chi connectivity index (χ4n) is 2.42. The standard InChI is InChI=1S/C19H12BrClFN3O3/c1-27-17(26)9-28-18-13(20)5-10(6-14(18)21)4-11(8-23)19-24-15-3-2-12(22)7-16(15)25-19/h2-7H,9H2,1H3,(H,24,25)/b11-4-. The number of allylic oxidation sites excluding steroid dienone is 1. The summed E-state index contributed by atoms with van der Waals surface area (Å²) in [6.07, 6.45) is 1.58. The van der Waals surface area contributed by atoms with E-state index in [-0.39, 0.29) is 23.0 Å². The number of imidazole rings is 1. The van der Waals surface area contributed by atoms with E-state index in [2.05, 4.69) is 36.7 Å². The predicted octanol–water partition coefficient (Wildman–Crippen LogP) is 4.73. The van der Waals surface area contributed by atoms with E-state index in [1.54, 1.807) is 18.2 Å². The van der Waals surface area contributed by atoms with Crippen molar-refractivity contribution < 1.29 is 18.7 Å². The molecule has 0 aliphatic heterocycles. The summed E-state index contributed by atoms with van der Waals surface area (Å²) in [5.74, 6) is -0.355. The van der Waals surface area contributed by atoms with Gasteiger partial charge in [0.25, 0.3) is 0 Å². The van der Waals surface area contributed by atoms with Crippen molar-refractivity contribution in [3.05, 3.63) is 57.0 Å². The molecule has 0 saturated carbocycles. The van der Waals surface area contributed by atoms with Gasteiger partial charge in [-0.05, 0) is 57.9 Å². The average Bonchev–Trinajstić information content (AvgIpc) is 3.08. The SMILES string of the molecule is COC(=O)COc1c(Cl)cc(/C=C(/C#N)c2nc3ccc(F)cc3[nH]2)cc1Br. The van der Waals surface area contributed by atoms with Gasteiger partial charge in [-0.15, -0.1) is 0 Å². The van der Waals surface area contributed by atoms with Gasteiger partial charge in [-0.25, -0.2) is 14.2 Å². The van der Waals surface area contributed by atoms with Gasteiger partial charge in [-0.3, -0.25) is 0 Å². The average molecular weight is 465 g/mol. The van der Waals surface area contributed by atoms with Gasteiger partial charge >= 0.3 is 5.97 Å². The van der Waals surface area contributed by atoms with Gasteiger partial charge in [0.15, 0.2) is 12.4 Å². The number of hydrogen-bond donors (Lipinski definition) is 1. The number of aromatic nitrogens is 2. The molecule has 142 valence electrons. The molecule has 0 saturated heterocycles. The second-order valence-electron chi connectivity index (χ2n) is 5.60. The van der Waals surface area contributed by atoms with Gasteiger partial charge in [-0.1, -0.05) is 11.6 Å². The molecule has 3 rings (SSSR count). The minimum Gasteiger partial charge on any atom is -0.479 e. The van der Waals surface area contributed by atoms with E-state index in [9.17, 15) is 14.4 Å². The maximum Gasteiger partial charge on any atom is 0.343 e. The number of fused-ring (bicyclic) bond motifs is 1. The number of carbonyl (C=O) groups excluding carboxylic acids is 1. The smallest absolute Gasteiger partial charge is 0.343 e. The maximum absolute atomic E-state index is 13.3. The van der Waals surface area contributed by atoms with E-state index in [0.717, 1.165) is 0 Å². The second kappa shape index (κ2) is 8.42. The summed E-state index contributed by atoms with van der Waals surface area (Å²) < 4.78 is 23.7. The monoisotopic (exact) mass is 463 g/mol. The Bertz CT molecular complexity index is 1110. The van der Waals surface area contributed by atoms with Crippen LogP contribution < -0.4 is 4.74 Å². The van der Waals surface area contributed by atoms with Crippen LogP contribution in [0.15, 0.2) is 34.8 Å². The Labute approximate surface area is 172 Å². The molecule has 0 unspecified atom stereocenters. The Hall–Kier alpha value is -2.89. The molecule has 0 spiro atoms. The summed E-state index contributed by atoms with van der Waals surface area (Å²) in [7, 11) is 1.26. The van der Waals surface area contributed by atoms with Crippen molar-refractivity contribution in [3.8, 4) is 11.8 Å². The number of nitriles is 1. The summed E-state index contributed by atoms with van der Waals surface area (Å²) in [5.41, 5.74) is 1.87. The van der Waals surface area contributed by atoms with Gasteiger partial charge in [0.2, 0.25) is 0 Å². The highest BCUT2D eigenvalue weighted by atomic mass is 79.9. The van der Waals surface area contributed by atoms with E-state index in [1.165, 1.54) is 25.3 Å². The summed E-state index contributed by atoms with van der Waals surface area (Å²) in [4.78, 5) is 18.5.